The summed E-state index contributed by atoms with van der Waals surface area (Å²) in [6, 6.07) is 10.3. The monoisotopic (exact) mass is 329 g/mol. The Kier molecular flexibility index (Phi) is 5.08. The summed E-state index contributed by atoms with van der Waals surface area (Å²) in [5, 5.41) is 1.02. The number of hydrogen-bond donors (Lipinski definition) is 0. The predicted molar refractivity (Wildman–Crippen MR) is 94.1 cm³/mol. The molecule has 3 rings (SSSR count). The fourth-order valence-corrected chi connectivity index (χ4v) is 3.96. The standard InChI is InChI=1S/C18H23N3OS/c1-14-17(18(22)21-10-6-9-20(2)11-12-21)23-16(19-14)13-15-7-4-3-5-8-15/h3-5,7-8H,6,9-13H2,1-2H3. The van der Waals surface area contributed by atoms with Crippen LogP contribution in [0.2, 0.25) is 0 Å². The zero-order valence-corrected chi connectivity index (χ0v) is 14.6. The first-order chi connectivity index (χ1) is 11.1. The van der Waals surface area contributed by atoms with Gasteiger partial charge in [-0.25, -0.2) is 4.98 Å². The molecule has 1 aliphatic heterocycles. The van der Waals surface area contributed by atoms with Crippen molar-refractivity contribution < 1.29 is 4.79 Å². The van der Waals surface area contributed by atoms with Crippen LogP contribution >= 0.6 is 11.3 Å². The van der Waals surface area contributed by atoms with Crippen LogP contribution in [0.15, 0.2) is 30.3 Å². The summed E-state index contributed by atoms with van der Waals surface area (Å²) in [5.74, 6) is 0.148. The number of aromatic nitrogens is 1. The van der Waals surface area contributed by atoms with Crippen LogP contribution in [0.25, 0.3) is 0 Å². The van der Waals surface area contributed by atoms with Crippen LogP contribution in [0.3, 0.4) is 0 Å². The number of likely N-dealkylation sites (N-methyl/N-ethyl adjacent to an activating group) is 1. The van der Waals surface area contributed by atoms with Gasteiger partial charge in [0.2, 0.25) is 0 Å². The van der Waals surface area contributed by atoms with Crippen LogP contribution in [0.5, 0.6) is 0 Å². The van der Waals surface area contributed by atoms with Crippen molar-refractivity contribution in [2.24, 2.45) is 0 Å². The van der Waals surface area contributed by atoms with Gasteiger partial charge in [-0.15, -0.1) is 11.3 Å². The molecule has 1 fully saturated rings. The molecule has 122 valence electrons. The Hall–Kier alpha value is -1.72. The summed E-state index contributed by atoms with van der Waals surface area (Å²) >= 11 is 1.55. The van der Waals surface area contributed by atoms with Crippen LogP contribution in [-0.2, 0) is 6.42 Å². The maximum atomic E-state index is 12.8. The van der Waals surface area contributed by atoms with E-state index in [0.717, 1.165) is 54.6 Å². The zero-order valence-electron chi connectivity index (χ0n) is 13.8. The molecule has 0 N–H and O–H groups in total. The second-order valence-corrected chi connectivity index (χ2v) is 7.22. The number of carbonyl (C=O) groups excluding carboxylic acids is 1. The van der Waals surface area contributed by atoms with Gasteiger partial charge in [-0.3, -0.25) is 4.79 Å². The molecule has 5 heteroatoms. The van der Waals surface area contributed by atoms with Crippen molar-refractivity contribution in [1.82, 2.24) is 14.8 Å². The summed E-state index contributed by atoms with van der Waals surface area (Å²) in [7, 11) is 2.11. The van der Waals surface area contributed by atoms with Crippen LogP contribution in [0.1, 0.15) is 32.4 Å². The molecular formula is C18H23N3OS. The van der Waals surface area contributed by atoms with Crippen molar-refractivity contribution >= 4 is 17.2 Å². The Labute approximate surface area is 141 Å². The SMILES string of the molecule is Cc1nc(Cc2ccccc2)sc1C(=O)N1CCCN(C)CC1. The van der Waals surface area contributed by atoms with Gasteiger partial charge in [-0.05, 0) is 32.5 Å². The molecule has 4 nitrogen and oxygen atoms in total. The lowest BCUT2D eigenvalue weighted by Gasteiger charge is -2.19. The van der Waals surface area contributed by atoms with E-state index in [2.05, 4.69) is 29.1 Å². The molecule has 23 heavy (non-hydrogen) atoms. The van der Waals surface area contributed by atoms with Gasteiger partial charge in [0.1, 0.15) is 4.88 Å². The number of hydrogen-bond acceptors (Lipinski definition) is 4. The van der Waals surface area contributed by atoms with Gasteiger partial charge in [0.05, 0.1) is 10.7 Å². The van der Waals surface area contributed by atoms with Gasteiger partial charge in [-0.2, -0.15) is 0 Å². The summed E-state index contributed by atoms with van der Waals surface area (Å²) in [6.45, 7) is 5.60. The summed E-state index contributed by atoms with van der Waals surface area (Å²) in [4.78, 5) is 22.5. The fraction of sp³-hybridized carbons (Fsp3) is 0.444. The quantitative estimate of drug-likeness (QED) is 0.869. The van der Waals surface area contributed by atoms with Crippen molar-refractivity contribution in [2.75, 3.05) is 33.2 Å². The number of thiazole rings is 1. The summed E-state index contributed by atoms with van der Waals surface area (Å²) < 4.78 is 0. The van der Waals surface area contributed by atoms with Gasteiger partial charge in [0.25, 0.3) is 5.91 Å². The van der Waals surface area contributed by atoms with Crippen molar-refractivity contribution in [2.45, 2.75) is 19.8 Å². The number of carbonyl (C=O) groups is 1. The molecule has 0 saturated carbocycles. The molecule has 1 amide bonds. The van der Waals surface area contributed by atoms with Crippen molar-refractivity contribution in [3.63, 3.8) is 0 Å². The van der Waals surface area contributed by atoms with E-state index in [1.165, 1.54) is 5.56 Å². The molecule has 2 aromatic rings. The third kappa shape index (κ3) is 3.98. The highest BCUT2D eigenvalue weighted by molar-refractivity contribution is 7.13. The van der Waals surface area contributed by atoms with Gasteiger partial charge < -0.3 is 9.80 Å². The molecule has 0 bridgehead atoms. The Morgan fingerprint density at radius 1 is 1.17 bits per heavy atom. The molecule has 2 heterocycles. The highest BCUT2D eigenvalue weighted by atomic mass is 32.1. The van der Waals surface area contributed by atoms with E-state index in [1.807, 2.05) is 30.0 Å². The average Bonchev–Trinajstić information content (AvgIpc) is 2.77. The second-order valence-electron chi connectivity index (χ2n) is 6.13. The van der Waals surface area contributed by atoms with Crippen LogP contribution in [0.4, 0.5) is 0 Å². The zero-order chi connectivity index (χ0) is 16.2. The third-order valence-electron chi connectivity index (χ3n) is 4.24. The van der Waals surface area contributed by atoms with E-state index in [0.29, 0.717) is 0 Å². The van der Waals surface area contributed by atoms with Gasteiger partial charge in [0.15, 0.2) is 0 Å². The molecule has 0 unspecified atom stereocenters. The maximum Gasteiger partial charge on any atom is 0.265 e. The fourth-order valence-electron chi connectivity index (χ4n) is 2.89. The molecular weight excluding hydrogens is 306 g/mol. The van der Waals surface area contributed by atoms with E-state index < -0.39 is 0 Å². The topological polar surface area (TPSA) is 36.4 Å². The smallest absolute Gasteiger partial charge is 0.265 e. The lowest BCUT2D eigenvalue weighted by atomic mass is 10.2. The minimum Gasteiger partial charge on any atom is -0.337 e. The summed E-state index contributed by atoms with van der Waals surface area (Å²) in [6.07, 6.45) is 1.83. The highest BCUT2D eigenvalue weighted by Crippen LogP contribution is 2.23. The highest BCUT2D eigenvalue weighted by Gasteiger charge is 2.23. The van der Waals surface area contributed by atoms with Crippen molar-refractivity contribution in [1.29, 1.82) is 0 Å². The largest absolute Gasteiger partial charge is 0.337 e. The van der Waals surface area contributed by atoms with E-state index in [1.54, 1.807) is 11.3 Å². The van der Waals surface area contributed by atoms with Crippen molar-refractivity contribution in [3.05, 3.63) is 51.5 Å². The molecule has 1 saturated heterocycles. The second kappa shape index (κ2) is 7.23. The number of nitrogens with zero attached hydrogens (tertiary/aromatic N) is 3. The Bertz CT molecular complexity index is 668. The van der Waals surface area contributed by atoms with Crippen LogP contribution in [0, 0.1) is 6.92 Å². The molecule has 0 radical (unpaired) electrons. The molecule has 0 spiro atoms. The molecule has 1 aromatic carbocycles. The van der Waals surface area contributed by atoms with Gasteiger partial charge >= 0.3 is 0 Å². The molecule has 1 aromatic heterocycles. The number of amides is 1. The lowest BCUT2D eigenvalue weighted by Crippen LogP contribution is -2.34. The predicted octanol–water partition coefficient (Wildman–Crippen LogP) is 2.82. The molecule has 1 aliphatic rings. The van der Waals surface area contributed by atoms with Crippen LogP contribution in [-0.4, -0.2) is 53.9 Å². The Balaban J connectivity index is 1.73. The first-order valence-electron chi connectivity index (χ1n) is 8.11. The lowest BCUT2D eigenvalue weighted by molar-refractivity contribution is 0.0766. The molecule has 0 aliphatic carbocycles. The van der Waals surface area contributed by atoms with Gasteiger partial charge in [0, 0.05) is 26.1 Å². The number of aryl methyl sites for hydroxylation is 1. The van der Waals surface area contributed by atoms with Crippen LogP contribution < -0.4 is 0 Å². The normalized spacial score (nSPS) is 16.3. The summed E-state index contributed by atoms with van der Waals surface area (Å²) in [5.41, 5.74) is 2.10. The Morgan fingerprint density at radius 2 is 1.96 bits per heavy atom. The number of rotatable bonds is 3. The first-order valence-corrected chi connectivity index (χ1v) is 8.93. The maximum absolute atomic E-state index is 12.8. The Morgan fingerprint density at radius 3 is 2.74 bits per heavy atom. The number of benzene rings is 1. The van der Waals surface area contributed by atoms with Crippen molar-refractivity contribution in [3.8, 4) is 0 Å². The van der Waals surface area contributed by atoms with E-state index in [4.69, 9.17) is 0 Å². The van der Waals surface area contributed by atoms with E-state index >= 15 is 0 Å². The minimum atomic E-state index is 0.148. The third-order valence-corrected chi connectivity index (χ3v) is 5.39. The van der Waals surface area contributed by atoms with E-state index in [-0.39, 0.29) is 5.91 Å². The average molecular weight is 329 g/mol. The molecule has 0 atom stereocenters. The first kappa shape index (κ1) is 16.1. The van der Waals surface area contributed by atoms with Gasteiger partial charge in [-0.1, -0.05) is 30.3 Å². The minimum absolute atomic E-state index is 0.148. The van der Waals surface area contributed by atoms with E-state index in [9.17, 15) is 4.79 Å².